The summed E-state index contributed by atoms with van der Waals surface area (Å²) in [5.41, 5.74) is 2.10. The van der Waals surface area contributed by atoms with E-state index in [0.29, 0.717) is 5.95 Å². The summed E-state index contributed by atoms with van der Waals surface area (Å²) < 4.78 is 12.8. The van der Waals surface area contributed by atoms with Gasteiger partial charge in [0, 0.05) is 37.6 Å². The van der Waals surface area contributed by atoms with Crippen molar-refractivity contribution in [2.24, 2.45) is 0 Å². The second-order valence-corrected chi connectivity index (χ2v) is 5.19. The van der Waals surface area contributed by atoms with Crippen LogP contribution < -0.4 is 10.2 Å². The van der Waals surface area contributed by atoms with Crippen molar-refractivity contribution in [3.05, 3.63) is 42.5 Å². The third-order valence-corrected chi connectivity index (χ3v) is 3.61. The van der Waals surface area contributed by atoms with Crippen molar-refractivity contribution in [2.45, 2.75) is 0 Å². The number of rotatable bonds is 3. The first kappa shape index (κ1) is 13.8. The highest BCUT2D eigenvalue weighted by atomic mass is 19.1. The molecule has 1 saturated heterocycles. The van der Waals surface area contributed by atoms with Gasteiger partial charge in [-0.05, 0) is 31.3 Å². The van der Waals surface area contributed by atoms with Crippen molar-refractivity contribution in [2.75, 3.05) is 43.4 Å². The molecule has 1 aromatic heterocycles. The number of nitrogens with one attached hydrogen (secondary N) is 1. The zero-order valence-corrected chi connectivity index (χ0v) is 12.0. The predicted octanol–water partition coefficient (Wildman–Crippen LogP) is 2.11. The lowest BCUT2D eigenvalue weighted by molar-refractivity contribution is 0.313. The van der Waals surface area contributed by atoms with Crippen LogP contribution in [0.4, 0.5) is 21.7 Å². The number of benzene rings is 1. The van der Waals surface area contributed by atoms with Crippen molar-refractivity contribution in [1.29, 1.82) is 0 Å². The number of piperazine rings is 1. The molecule has 110 valence electrons. The molecule has 0 spiro atoms. The molecule has 5 nitrogen and oxygen atoms in total. The summed E-state index contributed by atoms with van der Waals surface area (Å²) >= 11 is 0. The maximum absolute atomic E-state index is 12.8. The summed E-state index contributed by atoms with van der Waals surface area (Å²) in [6, 6.07) is 8.13. The SMILES string of the molecule is CN1CCN(c2ccc(Nc3ncc(F)cn3)cc2)CC1. The van der Waals surface area contributed by atoms with E-state index in [1.165, 1.54) is 5.69 Å². The van der Waals surface area contributed by atoms with E-state index in [0.717, 1.165) is 44.3 Å². The number of nitrogens with zero attached hydrogens (tertiary/aromatic N) is 4. The maximum atomic E-state index is 12.8. The van der Waals surface area contributed by atoms with Crippen LogP contribution in [0.25, 0.3) is 0 Å². The van der Waals surface area contributed by atoms with Crippen LogP contribution in [0.15, 0.2) is 36.7 Å². The van der Waals surface area contributed by atoms with Gasteiger partial charge < -0.3 is 15.1 Å². The van der Waals surface area contributed by atoms with E-state index < -0.39 is 5.82 Å². The Kier molecular flexibility index (Phi) is 3.96. The summed E-state index contributed by atoms with van der Waals surface area (Å²) in [5.74, 6) is -0.0466. The van der Waals surface area contributed by atoms with Gasteiger partial charge in [-0.25, -0.2) is 14.4 Å². The minimum atomic E-state index is -0.439. The van der Waals surface area contributed by atoms with E-state index in [9.17, 15) is 4.39 Å². The zero-order valence-electron chi connectivity index (χ0n) is 12.0. The zero-order chi connectivity index (χ0) is 14.7. The van der Waals surface area contributed by atoms with Gasteiger partial charge in [0.25, 0.3) is 0 Å². The van der Waals surface area contributed by atoms with Crippen LogP contribution in [0.2, 0.25) is 0 Å². The van der Waals surface area contributed by atoms with E-state index in [2.05, 4.69) is 44.3 Å². The topological polar surface area (TPSA) is 44.3 Å². The Balaban J connectivity index is 1.65. The fourth-order valence-corrected chi connectivity index (χ4v) is 2.33. The first-order valence-corrected chi connectivity index (χ1v) is 6.99. The Bertz CT molecular complexity index is 576. The van der Waals surface area contributed by atoms with E-state index in [-0.39, 0.29) is 0 Å². The van der Waals surface area contributed by atoms with Gasteiger partial charge in [0.2, 0.25) is 5.95 Å². The molecular weight excluding hydrogens is 269 g/mol. The Morgan fingerprint density at radius 1 is 1.00 bits per heavy atom. The van der Waals surface area contributed by atoms with E-state index in [4.69, 9.17) is 0 Å². The minimum absolute atomic E-state index is 0.392. The molecule has 6 heteroatoms. The van der Waals surface area contributed by atoms with Gasteiger partial charge in [0.05, 0.1) is 12.4 Å². The maximum Gasteiger partial charge on any atom is 0.227 e. The largest absolute Gasteiger partial charge is 0.369 e. The van der Waals surface area contributed by atoms with Gasteiger partial charge in [0.1, 0.15) is 0 Å². The standard InChI is InChI=1S/C15H18FN5/c1-20-6-8-21(9-7-20)14-4-2-13(3-5-14)19-15-17-10-12(16)11-18-15/h2-5,10-11H,6-9H2,1H3,(H,17,18,19). The molecule has 1 N–H and O–H groups in total. The number of anilines is 3. The highest BCUT2D eigenvalue weighted by Gasteiger charge is 2.13. The molecule has 1 fully saturated rings. The molecule has 0 saturated carbocycles. The first-order valence-electron chi connectivity index (χ1n) is 6.99. The third kappa shape index (κ3) is 3.46. The van der Waals surface area contributed by atoms with Crippen LogP contribution in [0.3, 0.4) is 0 Å². The Labute approximate surface area is 123 Å². The second-order valence-electron chi connectivity index (χ2n) is 5.19. The first-order chi connectivity index (χ1) is 10.2. The number of hydrogen-bond donors (Lipinski definition) is 1. The molecule has 21 heavy (non-hydrogen) atoms. The highest BCUT2D eigenvalue weighted by molar-refractivity contribution is 5.59. The Hall–Kier alpha value is -2.21. The van der Waals surface area contributed by atoms with Gasteiger partial charge in [-0.1, -0.05) is 0 Å². The van der Waals surface area contributed by atoms with Crippen LogP contribution in [0.5, 0.6) is 0 Å². The summed E-state index contributed by atoms with van der Waals surface area (Å²) in [6.07, 6.45) is 2.29. The van der Waals surface area contributed by atoms with Crippen molar-refractivity contribution in [1.82, 2.24) is 14.9 Å². The molecule has 2 aromatic rings. The lowest BCUT2D eigenvalue weighted by Crippen LogP contribution is -2.44. The Morgan fingerprint density at radius 2 is 1.62 bits per heavy atom. The van der Waals surface area contributed by atoms with E-state index >= 15 is 0 Å². The molecule has 2 heterocycles. The van der Waals surface area contributed by atoms with Gasteiger partial charge in [0.15, 0.2) is 5.82 Å². The molecule has 0 aliphatic carbocycles. The number of aromatic nitrogens is 2. The van der Waals surface area contributed by atoms with E-state index in [1.807, 2.05) is 12.1 Å². The third-order valence-electron chi connectivity index (χ3n) is 3.61. The van der Waals surface area contributed by atoms with E-state index in [1.54, 1.807) is 0 Å². The summed E-state index contributed by atoms with van der Waals surface area (Å²) in [7, 11) is 2.15. The quantitative estimate of drug-likeness (QED) is 0.936. The summed E-state index contributed by atoms with van der Waals surface area (Å²) in [4.78, 5) is 12.5. The fourth-order valence-electron chi connectivity index (χ4n) is 2.33. The van der Waals surface area contributed by atoms with Crippen LogP contribution in [0, 0.1) is 5.82 Å². The normalized spacial score (nSPS) is 16.0. The smallest absolute Gasteiger partial charge is 0.227 e. The van der Waals surface area contributed by atoms with Crippen LogP contribution in [0.1, 0.15) is 0 Å². The number of hydrogen-bond acceptors (Lipinski definition) is 5. The highest BCUT2D eigenvalue weighted by Crippen LogP contribution is 2.20. The molecule has 0 radical (unpaired) electrons. The monoisotopic (exact) mass is 287 g/mol. The molecule has 1 aliphatic heterocycles. The molecule has 0 bridgehead atoms. The summed E-state index contributed by atoms with van der Waals surface area (Å²) in [6.45, 7) is 4.27. The molecule has 3 rings (SSSR count). The van der Waals surface area contributed by atoms with Crippen LogP contribution >= 0.6 is 0 Å². The molecule has 1 aromatic carbocycles. The average Bonchev–Trinajstić information content (AvgIpc) is 2.51. The molecule has 0 unspecified atom stereocenters. The van der Waals surface area contributed by atoms with Crippen molar-refractivity contribution in [3.8, 4) is 0 Å². The molecular formula is C15H18FN5. The van der Waals surface area contributed by atoms with Gasteiger partial charge >= 0.3 is 0 Å². The van der Waals surface area contributed by atoms with Crippen molar-refractivity contribution in [3.63, 3.8) is 0 Å². The van der Waals surface area contributed by atoms with Gasteiger partial charge in [-0.3, -0.25) is 0 Å². The minimum Gasteiger partial charge on any atom is -0.369 e. The molecule has 1 aliphatic rings. The average molecular weight is 287 g/mol. The molecule has 0 amide bonds. The molecule has 0 atom stereocenters. The van der Waals surface area contributed by atoms with Gasteiger partial charge in [-0.15, -0.1) is 0 Å². The lowest BCUT2D eigenvalue weighted by atomic mass is 10.2. The fraction of sp³-hybridized carbons (Fsp3) is 0.333. The Morgan fingerprint density at radius 3 is 2.24 bits per heavy atom. The van der Waals surface area contributed by atoms with Crippen LogP contribution in [-0.4, -0.2) is 48.1 Å². The summed E-state index contributed by atoms with van der Waals surface area (Å²) in [5, 5.41) is 3.05. The van der Waals surface area contributed by atoms with Crippen molar-refractivity contribution < 1.29 is 4.39 Å². The second kappa shape index (κ2) is 6.05. The van der Waals surface area contributed by atoms with Crippen molar-refractivity contribution >= 4 is 17.3 Å². The van der Waals surface area contributed by atoms with Crippen LogP contribution in [-0.2, 0) is 0 Å². The lowest BCUT2D eigenvalue weighted by Gasteiger charge is -2.34. The number of halogens is 1. The van der Waals surface area contributed by atoms with Gasteiger partial charge in [-0.2, -0.15) is 0 Å². The number of likely N-dealkylation sites (N-methyl/N-ethyl adjacent to an activating group) is 1. The predicted molar refractivity (Wildman–Crippen MR) is 81.4 cm³/mol.